The number of fused-ring (bicyclic) bond motifs is 1. The molecular formula is C16H19FN4O3. The molecule has 3 heterocycles. The van der Waals surface area contributed by atoms with Crippen molar-refractivity contribution in [1.82, 2.24) is 14.5 Å². The van der Waals surface area contributed by atoms with Crippen LogP contribution >= 0.6 is 0 Å². The predicted molar refractivity (Wildman–Crippen MR) is 86.1 cm³/mol. The van der Waals surface area contributed by atoms with Gasteiger partial charge < -0.3 is 19.9 Å². The summed E-state index contributed by atoms with van der Waals surface area (Å²) in [6.45, 7) is 2.61. The van der Waals surface area contributed by atoms with Crippen molar-refractivity contribution >= 4 is 17.1 Å². The normalized spacial score (nSPS) is 16.4. The highest BCUT2D eigenvalue weighted by Crippen LogP contribution is 2.15. The molecule has 2 aromatic heterocycles. The Hall–Kier alpha value is -2.48. The third kappa shape index (κ3) is 3.70. The molecule has 1 fully saturated rings. The van der Waals surface area contributed by atoms with Gasteiger partial charge >= 0.3 is 6.09 Å². The molecule has 128 valence electrons. The van der Waals surface area contributed by atoms with Crippen LogP contribution in [0, 0.1) is 5.82 Å². The number of halogens is 1. The second-order valence-corrected chi connectivity index (χ2v) is 5.86. The number of ether oxygens (including phenoxy) is 1. The number of hydrogen-bond acceptors (Lipinski definition) is 5. The van der Waals surface area contributed by atoms with Gasteiger partial charge in [0, 0.05) is 38.3 Å². The summed E-state index contributed by atoms with van der Waals surface area (Å²) in [6.07, 6.45) is 1.68. The van der Waals surface area contributed by atoms with Crippen LogP contribution < -0.4 is 11.3 Å². The largest absolute Gasteiger partial charge is 0.446 e. The van der Waals surface area contributed by atoms with Gasteiger partial charge in [-0.25, -0.2) is 9.18 Å². The number of hydrogen-bond donors (Lipinski definition) is 1. The molecule has 0 bridgehead atoms. The molecule has 0 saturated carbocycles. The molecule has 0 aliphatic carbocycles. The smallest absolute Gasteiger partial charge is 0.404 e. The average Bonchev–Trinajstić information content (AvgIpc) is 2.55. The molecule has 1 aliphatic heterocycles. The highest BCUT2D eigenvalue weighted by atomic mass is 19.1. The first-order valence-corrected chi connectivity index (χ1v) is 7.86. The maximum absolute atomic E-state index is 13.5. The van der Waals surface area contributed by atoms with Gasteiger partial charge in [0.1, 0.15) is 11.9 Å². The number of rotatable bonds is 4. The van der Waals surface area contributed by atoms with E-state index >= 15 is 0 Å². The Labute approximate surface area is 137 Å². The number of likely N-dealkylation sites (tertiary alicyclic amines) is 1. The quantitative estimate of drug-likeness (QED) is 0.904. The lowest BCUT2D eigenvalue weighted by Gasteiger charge is -2.31. The third-order valence-electron chi connectivity index (χ3n) is 4.26. The minimum absolute atomic E-state index is 0.141. The van der Waals surface area contributed by atoms with E-state index in [1.807, 2.05) is 0 Å². The van der Waals surface area contributed by atoms with E-state index < -0.39 is 11.9 Å². The second kappa shape index (κ2) is 6.96. The van der Waals surface area contributed by atoms with Crippen LogP contribution in [0.5, 0.6) is 0 Å². The fraction of sp³-hybridized carbons (Fsp3) is 0.438. The predicted octanol–water partition coefficient (Wildman–Crippen LogP) is 1.10. The van der Waals surface area contributed by atoms with Crippen LogP contribution in [0.1, 0.15) is 12.8 Å². The Morgan fingerprint density at radius 2 is 2.08 bits per heavy atom. The lowest BCUT2D eigenvalue weighted by Crippen LogP contribution is -2.40. The minimum Gasteiger partial charge on any atom is -0.446 e. The number of primary amides is 1. The first-order chi connectivity index (χ1) is 11.5. The number of nitrogens with zero attached hydrogens (tertiary/aromatic N) is 3. The number of nitrogens with two attached hydrogens (primary N) is 1. The van der Waals surface area contributed by atoms with Crippen LogP contribution in [0.2, 0.25) is 0 Å². The summed E-state index contributed by atoms with van der Waals surface area (Å²) in [5.74, 6) is -0.466. The summed E-state index contributed by atoms with van der Waals surface area (Å²) in [5.41, 5.74) is 5.93. The zero-order valence-corrected chi connectivity index (χ0v) is 13.2. The molecule has 0 radical (unpaired) electrons. The van der Waals surface area contributed by atoms with Crippen molar-refractivity contribution in [1.29, 1.82) is 0 Å². The Morgan fingerprint density at radius 1 is 1.33 bits per heavy atom. The summed E-state index contributed by atoms with van der Waals surface area (Å²) < 4.78 is 20.0. The highest BCUT2D eigenvalue weighted by molar-refractivity contribution is 5.74. The van der Waals surface area contributed by atoms with Crippen LogP contribution in [-0.4, -0.2) is 46.3 Å². The van der Waals surface area contributed by atoms with Crippen molar-refractivity contribution in [2.45, 2.75) is 25.5 Å². The van der Waals surface area contributed by atoms with Crippen molar-refractivity contribution in [2.24, 2.45) is 5.73 Å². The maximum Gasteiger partial charge on any atom is 0.404 e. The van der Waals surface area contributed by atoms with E-state index in [0.717, 1.165) is 19.3 Å². The van der Waals surface area contributed by atoms with Crippen LogP contribution in [-0.2, 0) is 11.3 Å². The molecule has 1 aliphatic rings. The Morgan fingerprint density at radius 3 is 2.79 bits per heavy atom. The fourth-order valence-electron chi connectivity index (χ4n) is 3.03. The molecule has 1 saturated heterocycles. The third-order valence-corrected chi connectivity index (χ3v) is 4.26. The lowest BCUT2D eigenvalue weighted by molar-refractivity contribution is 0.0554. The number of amides is 1. The van der Waals surface area contributed by atoms with Gasteiger partial charge in [0.15, 0.2) is 0 Å². The van der Waals surface area contributed by atoms with Crippen molar-refractivity contribution in [3.05, 3.63) is 40.6 Å². The molecule has 7 nitrogen and oxygen atoms in total. The Bertz CT molecular complexity index is 799. The van der Waals surface area contributed by atoms with Gasteiger partial charge in [-0.15, -0.1) is 0 Å². The molecular weight excluding hydrogens is 315 g/mol. The maximum atomic E-state index is 13.5. The fourth-order valence-corrected chi connectivity index (χ4v) is 3.03. The molecule has 0 unspecified atom stereocenters. The first kappa shape index (κ1) is 16.4. The van der Waals surface area contributed by atoms with Gasteiger partial charge in [0.2, 0.25) is 0 Å². The summed E-state index contributed by atoms with van der Waals surface area (Å²) in [6, 6.07) is 4.37. The Balaban J connectivity index is 1.66. The van der Waals surface area contributed by atoms with E-state index in [2.05, 4.69) is 9.88 Å². The van der Waals surface area contributed by atoms with Gasteiger partial charge in [-0.3, -0.25) is 9.78 Å². The minimum atomic E-state index is -0.745. The van der Waals surface area contributed by atoms with E-state index in [4.69, 9.17) is 10.5 Å². The van der Waals surface area contributed by atoms with Crippen LogP contribution in [0.15, 0.2) is 29.2 Å². The lowest BCUT2D eigenvalue weighted by atomic mass is 10.1. The summed E-state index contributed by atoms with van der Waals surface area (Å²) in [5, 5.41) is 0. The van der Waals surface area contributed by atoms with Gasteiger partial charge in [-0.2, -0.15) is 0 Å². The number of pyridine rings is 2. The molecule has 0 atom stereocenters. The molecule has 1 amide bonds. The van der Waals surface area contributed by atoms with Crippen molar-refractivity contribution in [3.63, 3.8) is 0 Å². The second-order valence-electron chi connectivity index (χ2n) is 5.86. The van der Waals surface area contributed by atoms with E-state index in [-0.39, 0.29) is 11.7 Å². The summed E-state index contributed by atoms with van der Waals surface area (Å²) in [4.78, 5) is 29.1. The molecule has 2 N–H and O–H groups in total. The monoisotopic (exact) mass is 334 g/mol. The first-order valence-electron chi connectivity index (χ1n) is 7.86. The van der Waals surface area contributed by atoms with Crippen molar-refractivity contribution in [3.8, 4) is 0 Å². The van der Waals surface area contributed by atoms with Gasteiger partial charge in [0.25, 0.3) is 5.56 Å². The highest BCUT2D eigenvalue weighted by Gasteiger charge is 2.21. The summed E-state index contributed by atoms with van der Waals surface area (Å²) in [7, 11) is 0. The molecule has 0 spiro atoms. The van der Waals surface area contributed by atoms with Crippen LogP contribution in [0.4, 0.5) is 9.18 Å². The number of carbonyl (C=O) groups excluding carboxylic acids is 1. The number of carbonyl (C=O) groups is 1. The van der Waals surface area contributed by atoms with E-state index in [0.29, 0.717) is 37.0 Å². The van der Waals surface area contributed by atoms with Crippen molar-refractivity contribution in [2.75, 3.05) is 19.6 Å². The van der Waals surface area contributed by atoms with E-state index in [9.17, 15) is 14.0 Å². The summed E-state index contributed by atoms with van der Waals surface area (Å²) >= 11 is 0. The van der Waals surface area contributed by atoms with Gasteiger partial charge in [0.05, 0.1) is 17.2 Å². The molecule has 0 aromatic carbocycles. The molecule has 3 rings (SSSR count). The Kier molecular flexibility index (Phi) is 4.75. The zero-order chi connectivity index (χ0) is 17.1. The average molecular weight is 334 g/mol. The number of aromatic nitrogens is 2. The molecule has 8 heteroatoms. The van der Waals surface area contributed by atoms with Gasteiger partial charge in [-0.05, 0) is 18.9 Å². The van der Waals surface area contributed by atoms with Crippen molar-refractivity contribution < 1.29 is 13.9 Å². The topological polar surface area (TPSA) is 90.5 Å². The standard InChI is InChI=1S/C16H19FN4O3/c17-11-9-14-13(19-10-11)1-2-15(22)21(14)8-7-20-5-3-12(4-6-20)24-16(18)23/h1-2,9-10,12H,3-8H2,(H2,18,23). The number of piperidine rings is 1. The van der Waals surface area contributed by atoms with E-state index in [1.54, 1.807) is 6.07 Å². The van der Waals surface area contributed by atoms with Crippen LogP contribution in [0.25, 0.3) is 11.0 Å². The SMILES string of the molecule is NC(=O)OC1CCN(CCn2c(=O)ccc3ncc(F)cc32)CC1. The zero-order valence-electron chi connectivity index (χ0n) is 13.2. The van der Waals surface area contributed by atoms with E-state index in [1.165, 1.54) is 16.7 Å². The molecule has 24 heavy (non-hydrogen) atoms. The van der Waals surface area contributed by atoms with Crippen LogP contribution in [0.3, 0.4) is 0 Å². The van der Waals surface area contributed by atoms with Gasteiger partial charge in [-0.1, -0.05) is 0 Å². The molecule has 2 aromatic rings.